The van der Waals surface area contributed by atoms with Crippen molar-refractivity contribution in [2.75, 3.05) is 0 Å². The Hall–Kier alpha value is -1.06. The SMILES string of the molecule is CCCCCCCC/C=C\CCCCCCCC(=O)O.CCCCCCCC/C=C\CCCCCCCC(=O)O.[Fe]. The van der Waals surface area contributed by atoms with Gasteiger partial charge < -0.3 is 10.2 Å². The molecule has 0 rings (SSSR count). The molecule has 2 N–H and O–H groups in total. The first-order chi connectivity index (χ1) is 19.5. The zero-order valence-corrected chi connectivity index (χ0v) is 28.3. The van der Waals surface area contributed by atoms with E-state index >= 15 is 0 Å². The average molecular weight is 621 g/mol. The van der Waals surface area contributed by atoms with Gasteiger partial charge in [-0.1, -0.05) is 141 Å². The Bertz CT molecular complexity index is 524. The predicted octanol–water partition coefficient (Wildman–Crippen LogP) is 12.2. The number of hydrogen-bond acceptors (Lipinski definition) is 2. The van der Waals surface area contributed by atoms with Crippen LogP contribution in [0.1, 0.15) is 194 Å². The summed E-state index contributed by atoms with van der Waals surface area (Å²) in [6.45, 7) is 4.52. The van der Waals surface area contributed by atoms with Gasteiger partial charge in [-0.05, 0) is 64.2 Å². The zero-order chi connectivity index (χ0) is 29.8. The van der Waals surface area contributed by atoms with Crippen LogP contribution in [-0.2, 0) is 26.7 Å². The summed E-state index contributed by atoms with van der Waals surface area (Å²) in [6, 6.07) is 0. The molecule has 0 fully saturated rings. The fourth-order valence-corrected chi connectivity index (χ4v) is 4.69. The molecule has 0 heterocycles. The third-order valence-electron chi connectivity index (χ3n) is 7.30. The molecular weight excluding hydrogens is 552 g/mol. The van der Waals surface area contributed by atoms with Crippen molar-refractivity contribution in [1.29, 1.82) is 0 Å². The van der Waals surface area contributed by atoms with E-state index in [1.165, 1.54) is 141 Å². The van der Waals surface area contributed by atoms with E-state index in [1.807, 2.05) is 0 Å². The quantitative estimate of drug-likeness (QED) is 0.0476. The van der Waals surface area contributed by atoms with Crippen LogP contribution in [0.15, 0.2) is 24.3 Å². The van der Waals surface area contributed by atoms with Crippen LogP contribution in [0.25, 0.3) is 0 Å². The molecular formula is C36H68FeO4. The molecule has 0 aliphatic heterocycles. The third kappa shape index (κ3) is 49.0. The van der Waals surface area contributed by atoms with Crippen LogP contribution in [0.2, 0.25) is 0 Å². The molecule has 41 heavy (non-hydrogen) atoms. The maximum absolute atomic E-state index is 10.3. The Morgan fingerprint density at radius 1 is 0.390 bits per heavy atom. The van der Waals surface area contributed by atoms with E-state index in [0.29, 0.717) is 12.8 Å². The zero-order valence-electron chi connectivity index (χ0n) is 27.2. The van der Waals surface area contributed by atoms with Crippen molar-refractivity contribution in [3.63, 3.8) is 0 Å². The van der Waals surface area contributed by atoms with Gasteiger partial charge in [-0.3, -0.25) is 9.59 Å². The van der Waals surface area contributed by atoms with Gasteiger partial charge in [-0.2, -0.15) is 0 Å². The Morgan fingerprint density at radius 3 is 0.854 bits per heavy atom. The Morgan fingerprint density at radius 2 is 0.610 bits per heavy atom. The van der Waals surface area contributed by atoms with Gasteiger partial charge in [0.2, 0.25) is 0 Å². The van der Waals surface area contributed by atoms with Crippen LogP contribution in [0.5, 0.6) is 0 Å². The van der Waals surface area contributed by atoms with Crippen LogP contribution >= 0.6 is 0 Å². The minimum Gasteiger partial charge on any atom is -0.481 e. The summed E-state index contributed by atoms with van der Waals surface area (Å²) >= 11 is 0. The van der Waals surface area contributed by atoms with Crippen molar-refractivity contribution >= 4 is 11.9 Å². The molecule has 4 nitrogen and oxygen atoms in total. The van der Waals surface area contributed by atoms with Gasteiger partial charge in [-0.15, -0.1) is 0 Å². The van der Waals surface area contributed by atoms with Gasteiger partial charge in [0.05, 0.1) is 0 Å². The van der Waals surface area contributed by atoms with E-state index < -0.39 is 11.9 Å². The second-order valence-corrected chi connectivity index (χ2v) is 11.5. The number of carboxylic acid groups (broad SMARTS) is 2. The summed E-state index contributed by atoms with van der Waals surface area (Å²) in [5.41, 5.74) is 0. The molecule has 0 radical (unpaired) electrons. The molecule has 0 aromatic carbocycles. The summed E-state index contributed by atoms with van der Waals surface area (Å²) in [5, 5.41) is 17.0. The number of unbranched alkanes of at least 4 members (excludes halogenated alkanes) is 22. The smallest absolute Gasteiger partial charge is 0.303 e. The number of aliphatic carboxylic acids is 2. The van der Waals surface area contributed by atoms with Crippen LogP contribution in [-0.4, -0.2) is 22.2 Å². The Balaban J connectivity index is -0.000000688. The molecule has 0 saturated heterocycles. The van der Waals surface area contributed by atoms with Crippen molar-refractivity contribution in [2.45, 2.75) is 194 Å². The predicted molar refractivity (Wildman–Crippen MR) is 174 cm³/mol. The standard InChI is InChI=1S/2C18H34O2.Fe/c2*1-2-3-4-5-6-7-8-9-10-11-12-13-14-15-16-17-18(19)20;/h2*9-10H,2-8,11-17H2,1H3,(H,19,20);/b2*10-9-;. The fraction of sp³-hybridized carbons (Fsp3) is 0.833. The summed E-state index contributed by atoms with van der Waals surface area (Å²) in [7, 11) is 0. The normalized spacial score (nSPS) is 11.0. The van der Waals surface area contributed by atoms with Crippen molar-refractivity contribution in [3.8, 4) is 0 Å². The summed E-state index contributed by atoms with van der Waals surface area (Å²) in [5.74, 6) is -1.33. The monoisotopic (exact) mass is 620 g/mol. The molecule has 0 amide bonds. The van der Waals surface area contributed by atoms with Crippen molar-refractivity contribution in [1.82, 2.24) is 0 Å². The van der Waals surface area contributed by atoms with Gasteiger partial charge >= 0.3 is 11.9 Å². The molecule has 0 aliphatic carbocycles. The minimum atomic E-state index is -0.664. The maximum Gasteiger partial charge on any atom is 0.303 e. The van der Waals surface area contributed by atoms with Crippen molar-refractivity contribution < 1.29 is 36.9 Å². The largest absolute Gasteiger partial charge is 0.481 e. The minimum absolute atomic E-state index is 0. The van der Waals surface area contributed by atoms with Gasteiger partial charge in [0, 0.05) is 29.9 Å². The molecule has 0 aliphatic rings. The maximum atomic E-state index is 10.3. The van der Waals surface area contributed by atoms with Crippen molar-refractivity contribution in [2.24, 2.45) is 0 Å². The molecule has 5 heteroatoms. The fourth-order valence-electron chi connectivity index (χ4n) is 4.69. The van der Waals surface area contributed by atoms with Crippen LogP contribution in [0, 0.1) is 0 Å². The summed E-state index contributed by atoms with van der Waals surface area (Å²) < 4.78 is 0. The Kier molecular flexibility index (Phi) is 44.5. The molecule has 0 aromatic rings. The van der Waals surface area contributed by atoms with E-state index in [4.69, 9.17) is 10.2 Å². The second-order valence-electron chi connectivity index (χ2n) is 11.5. The van der Waals surface area contributed by atoms with E-state index in [1.54, 1.807) is 0 Å². The molecule has 0 unspecified atom stereocenters. The average Bonchev–Trinajstić information content (AvgIpc) is 2.93. The van der Waals surface area contributed by atoms with Gasteiger partial charge in [-0.25, -0.2) is 0 Å². The summed E-state index contributed by atoms with van der Waals surface area (Å²) in [4.78, 5) is 20.6. The topological polar surface area (TPSA) is 74.6 Å². The van der Waals surface area contributed by atoms with Gasteiger partial charge in [0.25, 0.3) is 0 Å². The number of rotatable bonds is 30. The molecule has 0 bridgehead atoms. The number of carboxylic acids is 2. The third-order valence-corrected chi connectivity index (χ3v) is 7.30. The van der Waals surface area contributed by atoms with Gasteiger partial charge in [0.1, 0.15) is 0 Å². The van der Waals surface area contributed by atoms with Crippen LogP contribution in [0.4, 0.5) is 0 Å². The molecule has 0 aromatic heterocycles. The van der Waals surface area contributed by atoms with Crippen molar-refractivity contribution in [3.05, 3.63) is 24.3 Å². The van der Waals surface area contributed by atoms with E-state index in [-0.39, 0.29) is 17.1 Å². The number of carbonyl (C=O) groups is 2. The van der Waals surface area contributed by atoms with Gasteiger partial charge in [0.15, 0.2) is 0 Å². The first kappa shape index (κ1) is 44.4. The Labute approximate surface area is 266 Å². The summed E-state index contributed by atoms with van der Waals surface area (Å²) in [6.07, 6.45) is 42.5. The molecule has 0 saturated carbocycles. The number of allylic oxidation sites excluding steroid dienone is 4. The molecule has 244 valence electrons. The first-order valence-electron chi connectivity index (χ1n) is 17.3. The van der Waals surface area contributed by atoms with Crippen LogP contribution in [0.3, 0.4) is 0 Å². The van der Waals surface area contributed by atoms with E-state index in [9.17, 15) is 9.59 Å². The van der Waals surface area contributed by atoms with Crippen LogP contribution < -0.4 is 0 Å². The number of hydrogen-bond donors (Lipinski definition) is 2. The van der Waals surface area contributed by atoms with E-state index in [2.05, 4.69) is 38.2 Å². The molecule has 0 spiro atoms. The molecule has 0 atom stereocenters. The first-order valence-corrected chi connectivity index (χ1v) is 17.3. The second kappa shape index (κ2) is 41.1. The van der Waals surface area contributed by atoms with E-state index in [0.717, 1.165) is 25.7 Å².